The lowest BCUT2D eigenvalue weighted by Gasteiger charge is -2.08. The lowest BCUT2D eigenvalue weighted by Crippen LogP contribution is -2.01. The fourth-order valence-electron chi connectivity index (χ4n) is 2.02. The molecule has 0 radical (unpaired) electrons. The molecule has 0 N–H and O–H groups in total. The Balaban J connectivity index is 1.55. The molecule has 78 valence electrons. The van der Waals surface area contributed by atoms with Gasteiger partial charge in [-0.3, -0.25) is 0 Å². The fourth-order valence-corrected chi connectivity index (χ4v) is 3.19. The van der Waals surface area contributed by atoms with Crippen LogP contribution in [-0.2, 0) is 6.54 Å². The highest BCUT2D eigenvalue weighted by molar-refractivity contribution is 7.99. The molecular weight excluding hydrogens is 192 g/mol. The molecule has 0 spiro atoms. The van der Waals surface area contributed by atoms with E-state index in [1.807, 2.05) is 18.7 Å². The number of hydrogen-bond donors (Lipinski definition) is 0. The third-order valence-corrected chi connectivity index (χ3v) is 4.06. The zero-order valence-corrected chi connectivity index (χ0v) is 9.38. The van der Waals surface area contributed by atoms with E-state index in [0.717, 1.165) is 12.5 Å². The van der Waals surface area contributed by atoms with Crippen LogP contribution in [0.1, 0.15) is 25.7 Å². The van der Waals surface area contributed by atoms with Crippen molar-refractivity contribution in [3.63, 3.8) is 0 Å². The van der Waals surface area contributed by atoms with Gasteiger partial charge >= 0.3 is 0 Å². The highest BCUT2D eigenvalue weighted by Gasteiger charge is 2.14. The Labute approximate surface area is 90.1 Å². The third kappa shape index (κ3) is 3.05. The van der Waals surface area contributed by atoms with Gasteiger partial charge in [0.25, 0.3) is 0 Å². The summed E-state index contributed by atoms with van der Waals surface area (Å²) in [6.45, 7) is 1.11. The molecule has 0 bridgehead atoms. The number of aromatic nitrogens is 2. The van der Waals surface area contributed by atoms with Gasteiger partial charge in [-0.2, -0.15) is 11.8 Å². The Morgan fingerprint density at radius 2 is 2.21 bits per heavy atom. The van der Waals surface area contributed by atoms with Gasteiger partial charge in [-0.05, 0) is 24.5 Å². The molecule has 0 amide bonds. The average molecular weight is 210 g/mol. The van der Waals surface area contributed by atoms with Crippen LogP contribution in [-0.4, -0.2) is 21.1 Å². The second-order valence-electron chi connectivity index (χ2n) is 4.03. The summed E-state index contributed by atoms with van der Waals surface area (Å²) >= 11 is 2.10. The van der Waals surface area contributed by atoms with Crippen molar-refractivity contribution in [2.75, 3.05) is 11.5 Å². The topological polar surface area (TPSA) is 17.8 Å². The van der Waals surface area contributed by atoms with Gasteiger partial charge in [-0.1, -0.05) is 12.8 Å². The molecule has 1 aromatic heterocycles. The SMILES string of the molecule is c1cn(CCSCC2CCCC2)cn1. The van der Waals surface area contributed by atoms with E-state index >= 15 is 0 Å². The van der Waals surface area contributed by atoms with Gasteiger partial charge < -0.3 is 4.57 Å². The minimum atomic E-state index is 1.02. The predicted octanol–water partition coefficient (Wildman–Crippen LogP) is 2.81. The second kappa shape index (κ2) is 5.44. The van der Waals surface area contributed by atoms with Gasteiger partial charge in [0.05, 0.1) is 6.33 Å². The van der Waals surface area contributed by atoms with E-state index in [1.54, 1.807) is 0 Å². The van der Waals surface area contributed by atoms with Crippen molar-refractivity contribution in [3.05, 3.63) is 18.7 Å². The molecule has 3 heteroatoms. The Kier molecular flexibility index (Phi) is 3.92. The minimum Gasteiger partial charge on any atom is -0.337 e. The maximum absolute atomic E-state index is 4.03. The first kappa shape index (κ1) is 10.1. The summed E-state index contributed by atoms with van der Waals surface area (Å²) in [5.41, 5.74) is 0. The van der Waals surface area contributed by atoms with Crippen LogP contribution in [0.5, 0.6) is 0 Å². The lowest BCUT2D eigenvalue weighted by atomic mass is 10.1. The van der Waals surface area contributed by atoms with Crippen molar-refractivity contribution in [1.29, 1.82) is 0 Å². The van der Waals surface area contributed by atoms with Crippen molar-refractivity contribution in [2.45, 2.75) is 32.2 Å². The molecule has 1 aromatic rings. The molecule has 2 rings (SSSR count). The minimum absolute atomic E-state index is 1.02. The van der Waals surface area contributed by atoms with Gasteiger partial charge in [0.2, 0.25) is 0 Å². The van der Waals surface area contributed by atoms with E-state index in [9.17, 15) is 0 Å². The molecule has 0 aliphatic heterocycles. The highest BCUT2D eigenvalue weighted by atomic mass is 32.2. The van der Waals surface area contributed by atoms with Gasteiger partial charge in [0, 0.05) is 24.7 Å². The molecule has 0 atom stereocenters. The second-order valence-corrected chi connectivity index (χ2v) is 5.18. The summed E-state index contributed by atoms with van der Waals surface area (Å²) < 4.78 is 2.15. The van der Waals surface area contributed by atoms with Gasteiger partial charge in [-0.15, -0.1) is 0 Å². The van der Waals surface area contributed by atoms with Crippen LogP contribution in [0.25, 0.3) is 0 Å². The molecule has 1 heterocycles. The summed E-state index contributed by atoms with van der Waals surface area (Å²) in [4.78, 5) is 4.03. The summed E-state index contributed by atoms with van der Waals surface area (Å²) in [6, 6.07) is 0. The highest BCUT2D eigenvalue weighted by Crippen LogP contribution is 2.27. The van der Waals surface area contributed by atoms with Crippen molar-refractivity contribution in [1.82, 2.24) is 9.55 Å². The van der Waals surface area contributed by atoms with Crippen LogP contribution in [0, 0.1) is 5.92 Å². The van der Waals surface area contributed by atoms with Crippen LogP contribution in [0.2, 0.25) is 0 Å². The summed E-state index contributed by atoms with van der Waals surface area (Å²) in [5.74, 6) is 3.62. The zero-order chi connectivity index (χ0) is 9.64. The predicted molar refractivity (Wildman–Crippen MR) is 61.5 cm³/mol. The summed E-state index contributed by atoms with van der Waals surface area (Å²) in [7, 11) is 0. The van der Waals surface area contributed by atoms with Crippen LogP contribution in [0.3, 0.4) is 0 Å². The smallest absolute Gasteiger partial charge is 0.0946 e. The number of hydrogen-bond acceptors (Lipinski definition) is 2. The molecule has 1 saturated carbocycles. The normalized spacial score (nSPS) is 17.7. The van der Waals surface area contributed by atoms with Crippen molar-refractivity contribution >= 4 is 11.8 Å². The van der Waals surface area contributed by atoms with E-state index in [0.29, 0.717) is 0 Å². The number of aryl methyl sites for hydroxylation is 1. The first-order valence-corrected chi connectivity index (χ1v) is 6.64. The maximum atomic E-state index is 4.03. The monoisotopic (exact) mass is 210 g/mol. The first-order valence-electron chi connectivity index (χ1n) is 5.48. The largest absolute Gasteiger partial charge is 0.337 e. The van der Waals surface area contributed by atoms with Gasteiger partial charge in [-0.25, -0.2) is 4.98 Å². The van der Waals surface area contributed by atoms with Crippen molar-refractivity contribution in [3.8, 4) is 0 Å². The number of rotatable bonds is 5. The molecule has 0 saturated heterocycles. The zero-order valence-electron chi connectivity index (χ0n) is 8.56. The standard InChI is InChI=1S/C11H18N2S/c1-2-4-11(3-1)9-14-8-7-13-6-5-12-10-13/h5-6,10-11H,1-4,7-9H2. The molecule has 0 unspecified atom stereocenters. The summed E-state index contributed by atoms with van der Waals surface area (Å²) in [5, 5.41) is 0. The van der Waals surface area contributed by atoms with E-state index in [1.165, 1.54) is 37.2 Å². The molecule has 1 aliphatic rings. The summed E-state index contributed by atoms with van der Waals surface area (Å²) in [6.07, 6.45) is 11.7. The van der Waals surface area contributed by atoms with Crippen molar-refractivity contribution < 1.29 is 0 Å². The molecule has 0 aromatic carbocycles. The molecule has 1 fully saturated rings. The van der Waals surface area contributed by atoms with E-state index in [4.69, 9.17) is 0 Å². The van der Waals surface area contributed by atoms with E-state index in [2.05, 4.69) is 21.3 Å². The number of nitrogens with zero attached hydrogens (tertiary/aromatic N) is 2. The van der Waals surface area contributed by atoms with Crippen LogP contribution < -0.4 is 0 Å². The van der Waals surface area contributed by atoms with E-state index < -0.39 is 0 Å². The molecular formula is C11H18N2S. The van der Waals surface area contributed by atoms with Crippen molar-refractivity contribution in [2.24, 2.45) is 5.92 Å². The Morgan fingerprint density at radius 3 is 2.93 bits per heavy atom. The van der Waals surface area contributed by atoms with Crippen LogP contribution in [0.4, 0.5) is 0 Å². The van der Waals surface area contributed by atoms with Crippen LogP contribution >= 0.6 is 11.8 Å². The Morgan fingerprint density at radius 1 is 1.36 bits per heavy atom. The Bertz CT molecular complexity index is 240. The first-order chi connectivity index (χ1) is 6.95. The molecule has 1 aliphatic carbocycles. The van der Waals surface area contributed by atoms with Crippen LogP contribution in [0.15, 0.2) is 18.7 Å². The fraction of sp³-hybridized carbons (Fsp3) is 0.727. The maximum Gasteiger partial charge on any atom is 0.0946 e. The van der Waals surface area contributed by atoms with Gasteiger partial charge in [0.15, 0.2) is 0 Å². The van der Waals surface area contributed by atoms with E-state index in [-0.39, 0.29) is 0 Å². The number of thioether (sulfide) groups is 1. The number of imidazole rings is 1. The molecule has 14 heavy (non-hydrogen) atoms. The Hall–Kier alpha value is -0.440. The lowest BCUT2D eigenvalue weighted by molar-refractivity contribution is 0.622. The van der Waals surface area contributed by atoms with Gasteiger partial charge in [0.1, 0.15) is 0 Å². The molecule has 2 nitrogen and oxygen atoms in total. The quantitative estimate of drug-likeness (QED) is 0.695. The third-order valence-electron chi connectivity index (χ3n) is 2.88. The average Bonchev–Trinajstić information content (AvgIpc) is 2.86.